The Hall–Kier alpha value is -4.42. The van der Waals surface area contributed by atoms with Crippen LogP contribution in [0.25, 0.3) is 22.4 Å². The van der Waals surface area contributed by atoms with Crippen molar-refractivity contribution in [1.29, 1.82) is 0 Å². The van der Waals surface area contributed by atoms with Crippen molar-refractivity contribution in [2.24, 2.45) is 10.1 Å². The van der Waals surface area contributed by atoms with Crippen LogP contribution in [0.5, 0.6) is 0 Å². The van der Waals surface area contributed by atoms with Crippen LogP contribution in [0.3, 0.4) is 0 Å². The summed E-state index contributed by atoms with van der Waals surface area (Å²) < 4.78 is 57.4. The van der Waals surface area contributed by atoms with E-state index in [1.165, 1.54) is 26.0 Å². The number of nitrogens with zero attached hydrogens (tertiary/aromatic N) is 2. The lowest BCUT2D eigenvalue weighted by atomic mass is 9.98. The summed E-state index contributed by atoms with van der Waals surface area (Å²) in [6.07, 6.45) is 0. The molecule has 0 amide bonds. The Morgan fingerprint density at radius 3 is 2.39 bits per heavy atom. The Labute approximate surface area is 216 Å². The molecule has 4 rings (SSSR count). The lowest BCUT2D eigenvalue weighted by Gasteiger charge is -2.16. The third-order valence-corrected chi connectivity index (χ3v) is 6.81. The number of halogens is 2. The zero-order valence-corrected chi connectivity index (χ0v) is 20.9. The summed E-state index contributed by atoms with van der Waals surface area (Å²) in [6.45, 7) is 2.38. The van der Waals surface area contributed by atoms with Gasteiger partial charge in [-0.05, 0) is 56.3 Å². The van der Waals surface area contributed by atoms with Gasteiger partial charge in [-0.2, -0.15) is 8.42 Å². The van der Waals surface area contributed by atoms with Crippen molar-refractivity contribution in [2.45, 2.75) is 24.3 Å². The molecule has 38 heavy (non-hydrogen) atoms. The molecule has 0 radical (unpaired) electrons. The number of aliphatic hydroxyl groups excluding tert-OH is 1. The highest BCUT2D eigenvalue weighted by Crippen LogP contribution is 2.30. The standard InChI is InChI=1S/C26H22F2N4O5S/c1-26(2,35)25(29)32-38(36,37)20-13-15(10-11-17(20)28)23(34)21(22(33)14-6-5-7-16(27)12-14)24-30-18-8-3-4-9-19(18)31-24/h3-13,33,35H,1-2H3,(H2,29,32)(H,30,31)/b22-21+. The lowest BCUT2D eigenvalue weighted by molar-refractivity contribution is 0.105. The highest BCUT2D eigenvalue weighted by Gasteiger charge is 2.28. The van der Waals surface area contributed by atoms with Crippen molar-refractivity contribution < 1.29 is 32.2 Å². The predicted molar refractivity (Wildman–Crippen MR) is 138 cm³/mol. The van der Waals surface area contributed by atoms with E-state index in [1.54, 1.807) is 24.3 Å². The molecule has 0 unspecified atom stereocenters. The number of allylic oxidation sites excluding steroid dienone is 1. The number of carbonyl (C=O) groups is 1. The number of H-pyrrole nitrogens is 1. The predicted octanol–water partition coefficient (Wildman–Crippen LogP) is 3.97. The van der Waals surface area contributed by atoms with Crippen LogP contribution in [-0.2, 0) is 10.0 Å². The third-order valence-electron chi connectivity index (χ3n) is 5.50. The van der Waals surface area contributed by atoms with Gasteiger partial charge in [0.05, 0.1) is 11.0 Å². The first-order valence-corrected chi connectivity index (χ1v) is 12.5. The Morgan fingerprint density at radius 1 is 1.03 bits per heavy atom. The number of hydrogen-bond donors (Lipinski definition) is 4. The molecule has 0 aliphatic carbocycles. The molecule has 4 aromatic rings. The van der Waals surface area contributed by atoms with Crippen LogP contribution in [0.1, 0.15) is 35.6 Å². The average Bonchev–Trinajstić information content (AvgIpc) is 3.27. The van der Waals surface area contributed by atoms with Crippen molar-refractivity contribution >= 4 is 44.0 Å². The molecule has 0 saturated heterocycles. The van der Waals surface area contributed by atoms with Gasteiger partial charge >= 0.3 is 0 Å². The van der Waals surface area contributed by atoms with E-state index in [2.05, 4.69) is 14.4 Å². The minimum absolute atomic E-state index is 0.0497. The number of aliphatic hydroxyl groups is 2. The number of sulfonamides is 1. The van der Waals surface area contributed by atoms with Gasteiger partial charge in [-0.3, -0.25) is 4.79 Å². The molecular formula is C26H22F2N4O5S. The molecule has 1 heterocycles. The van der Waals surface area contributed by atoms with Crippen molar-refractivity contribution in [3.63, 3.8) is 0 Å². The van der Waals surface area contributed by atoms with Gasteiger partial charge in [0.15, 0.2) is 0 Å². The number of hydrogen-bond acceptors (Lipinski definition) is 6. The SMILES string of the molecule is CC(C)(O)/C(N)=N/S(=O)(=O)c1cc(C(=O)/C(=C(\O)c2cccc(F)c2)c2nc3ccccc3[nH]2)ccc1F. The van der Waals surface area contributed by atoms with Gasteiger partial charge in [-0.25, -0.2) is 13.8 Å². The summed E-state index contributed by atoms with van der Waals surface area (Å²) >= 11 is 0. The minimum Gasteiger partial charge on any atom is -0.506 e. The van der Waals surface area contributed by atoms with Gasteiger partial charge in [0.2, 0.25) is 5.78 Å². The molecule has 9 nitrogen and oxygen atoms in total. The first-order valence-electron chi connectivity index (χ1n) is 11.1. The van der Waals surface area contributed by atoms with Crippen LogP contribution in [0.2, 0.25) is 0 Å². The number of Topliss-reactive ketones (excluding diaryl/α,β-unsaturated/α-hetero) is 1. The van der Waals surface area contributed by atoms with Crippen molar-refractivity contribution in [3.05, 3.63) is 95.3 Å². The maximum Gasteiger partial charge on any atom is 0.286 e. The number of benzene rings is 3. The summed E-state index contributed by atoms with van der Waals surface area (Å²) in [5.74, 6) is -4.27. The fourth-order valence-electron chi connectivity index (χ4n) is 3.46. The Morgan fingerprint density at radius 2 is 1.74 bits per heavy atom. The van der Waals surface area contributed by atoms with Gasteiger partial charge in [0.1, 0.15) is 45.1 Å². The number of nitrogens with one attached hydrogen (secondary N) is 1. The van der Waals surface area contributed by atoms with E-state index in [0.717, 1.165) is 30.3 Å². The highest BCUT2D eigenvalue weighted by molar-refractivity contribution is 7.90. The smallest absolute Gasteiger partial charge is 0.286 e. The molecule has 0 spiro atoms. The second-order valence-corrected chi connectivity index (χ2v) is 10.4. The summed E-state index contributed by atoms with van der Waals surface area (Å²) in [7, 11) is -4.79. The van der Waals surface area contributed by atoms with Crippen molar-refractivity contribution in [3.8, 4) is 0 Å². The summed E-state index contributed by atoms with van der Waals surface area (Å²) in [4.78, 5) is 20.0. The number of aromatic nitrogens is 2. The van der Waals surface area contributed by atoms with Gasteiger partial charge in [-0.1, -0.05) is 24.3 Å². The molecular weight excluding hydrogens is 518 g/mol. The minimum atomic E-state index is -4.79. The molecule has 0 aliphatic rings. The number of fused-ring (bicyclic) bond motifs is 1. The number of imidazole rings is 1. The molecule has 0 fully saturated rings. The molecule has 3 aromatic carbocycles. The molecule has 0 saturated carbocycles. The van der Waals surface area contributed by atoms with Gasteiger partial charge < -0.3 is 20.9 Å². The maximum atomic E-state index is 14.6. The molecule has 0 aliphatic heterocycles. The summed E-state index contributed by atoms with van der Waals surface area (Å²) in [5.41, 5.74) is 3.90. The van der Waals surface area contributed by atoms with E-state index in [4.69, 9.17) is 5.73 Å². The van der Waals surface area contributed by atoms with Gasteiger partial charge in [0.25, 0.3) is 10.0 Å². The third kappa shape index (κ3) is 5.31. The zero-order valence-electron chi connectivity index (χ0n) is 20.1. The fraction of sp³-hybridized carbons (Fsp3) is 0.115. The van der Waals surface area contributed by atoms with Crippen molar-refractivity contribution in [2.75, 3.05) is 0 Å². The summed E-state index contributed by atoms with van der Waals surface area (Å²) in [6, 6.07) is 14.1. The largest absolute Gasteiger partial charge is 0.506 e. The number of rotatable bonds is 7. The van der Waals surface area contributed by atoms with Crippen LogP contribution in [0.15, 0.2) is 76.0 Å². The number of aromatic amines is 1. The van der Waals surface area contributed by atoms with E-state index < -0.39 is 55.1 Å². The Balaban J connectivity index is 1.91. The Kier molecular flexibility index (Phi) is 6.87. The molecule has 0 bridgehead atoms. The fourth-order valence-corrected chi connectivity index (χ4v) is 4.63. The first-order chi connectivity index (χ1) is 17.8. The van der Waals surface area contributed by atoms with Crippen LogP contribution in [0.4, 0.5) is 8.78 Å². The molecule has 196 valence electrons. The van der Waals surface area contributed by atoms with Gasteiger partial charge in [-0.15, -0.1) is 4.40 Å². The quantitative estimate of drug-likeness (QED) is 0.0908. The van der Waals surface area contributed by atoms with Gasteiger partial charge in [0, 0.05) is 11.1 Å². The molecule has 0 atom stereocenters. The second-order valence-electron chi connectivity index (χ2n) is 8.82. The number of carbonyl (C=O) groups excluding carboxylic acids is 1. The normalized spacial score (nSPS) is 13.4. The number of ketones is 1. The highest BCUT2D eigenvalue weighted by atomic mass is 32.2. The average molecular weight is 541 g/mol. The van der Waals surface area contributed by atoms with Crippen molar-refractivity contribution in [1.82, 2.24) is 9.97 Å². The van der Waals surface area contributed by atoms with E-state index >= 15 is 0 Å². The number of para-hydroxylation sites is 2. The number of amidine groups is 1. The first kappa shape index (κ1) is 26.6. The summed E-state index contributed by atoms with van der Waals surface area (Å²) in [5, 5.41) is 21.0. The van der Waals surface area contributed by atoms with E-state index in [1.807, 2.05) is 0 Å². The Bertz CT molecular complexity index is 1700. The maximum absolute atomic E-state index is 14.6. The molecule has 12 heteroatoms. The number of nitrogens with two attached hydrogens (primary N) is 1. The van der Waals surface area contributed by atoms with Crippen LogP contribution in [-0.4, -0.2) is 45.8 Å². The molecule has 5 N–H and O–H groups in total. The lowest BCUT2D eigenvalue weighted by Crippen LogP contribution is -2.38. The topological polar surface area (TPSA) is 159 Å². The van der Waals surface area contributed by atoms with E-state index in [0.29, 0.717) is 11.0 Å². The van der Waals surface area contributed by atoms with E-state index in [-0.39, 0.29) is 17.0 Å². The second kappa shape index (κ2) is 9.80. The van der Waals surface area contributed by atoms with Crippen LogP contribution >= 0.6 is 0 Å². The van der Waals surface area contributed by atoms with E-state index in [9.17, 15) is 32.2 Å². The zero-order chi connectivity index (χ0) is 27.8. The molecule has 1 aromatic heterocycles. The monoisotopic (exact) mass is 540 g/mol. The van der Waals surface area contributed by atoms with Crippen LogP contribution < -0.4 is 5.73 Å². The van der Waals surface area contributed by atoms with Crippen LogP contribution in [0, 0.1) is 11.6 Å².